The molecule has 2 amide bonds. The second-order valence-corrected chi connectivity index (χ2v) is 6.05. The van der Waals surface area contributed by atoms with Gasteiger partial charge in [-0.05, 0) is 17.7 Å². The van der Waals surface area contributed by atoms with Gasteiger partial charge in [0.2, 0.25) is 0 Å². The monoisotopic (exact) mass is 378 g/mol. The Hall–Kier alpha value is -2.53. The summed E-state index contributed by atoms with van der Waals surface area (Å²) in [6.45, 7) is -0.772. The van der Waals surface area contributed by atoms with Crippen molar-refractivity contribution in [3.8, 4) is 0 Å². The third kappa shape index (κ3) is 3.39. The van der Waals surface area contributed by atoms with E-state index in [1.165, 1.54) is 12.1 Å². The van der Waals surface area contributed by atoms with Crippen LogP contribution in [0.1, 0.15) is 20.7 Å². The van der Waals surface area contributed by atoms with Crippen molar-refractivity contribution in [3.05, 3.63) is 45.8 Å². The number of hydrogen-bond acceptors (Lipinski definition) is 8. The fourth-order valence-electron chi connectivity index (χ4n) is 3.21. The van der Waals surface area contributed by atoms with E-state index in [1.54, 1.807) is 12.1 Å². The van der Waals surface area contributed by atoms with Crippen molar-refractivity contribution in [3.63, 3.8) is 0 Å². The summed E-state index contributed by atoms with van der Waals surface area (Å²) in [4.78, 5) is 28.8. The van der Waals surface area contributed by atoms with E-state index in [4.69, 9.17) is 15.0 Å². The fraction of sp³-hybridized carbons (Fsp3) is 0.500. The van der Waals surface area contributed by atoms with Gasteiger partial charge in [0.25, 0.3) is 11.8 Å². The first kappa shape index (κ1) is 19.2. The number of imide groups is 1. The molecular formula is C16H18N4O7. The third-order valence-electron chi connectivity index (χ3n) is 4.51. The van der Waals surface area contributed by atoms with Gasteiger partial charge in [-0.15, -0.1) is 0 Å². The number of aliphatic hydroxyl groups excluding tert-OH is 3. The maximum Gasteiger partial charge on any atom is 0.262 e. The van der Waals surface area contributed by atoms with Crippen LogP contribution in [0.4, 0.5) is 0 Å². The molecule has 0 radical (unpaired) electrons. The molecule has 2 heterocycles. The van der Waals surface area contributed by atoms with Gasteiger partial charge in [0.1, 0.15) is 24.4 Å². The van der Waals surface area contributed by atoms with E-state index in [0.717, 1.165) is 4.90 Å². The number of carbonyl (C=O) groups is 2. The molecule has 0 saturated carbocycles. The Kier molecular flexibility index (Phi) is 5.71. The number of carbonyl (C=O) groups excluding carboxylic acids is 2. The molecule has 11 heteroatoms. The largest absolute Gasteiger partial charge is 0.394 e. The van der Waals surface area contributed by atoms with E-state index < -0.39 is 49.1 Å². The molecule has 1 fully saturated rings. The highest BCUT2D eigenvalue weighted by Gasteiger charge is 2.53. The minimum atomic E-state index is -1.61. The highest BCUT2D eigenvalue weighted by atomic mass is 16.7. The summed E-state index contributed by atoms with van der Waals surface area (Å²) in [7, 11) is 0. The van der Waals surface area contributed by atoms with Crippen LogP contribution in [0.3, 0.4) is 0 Å². The molecule has 11 nitrogen and oxygen atoms in total. The molecule has 2 unspecified atom stereocenters. The Morgan fingerprint density at radius 2 is 1.81 bits per heavy atom. The van der Waals surface area contributed by atoms with E-state index in [-0.39, 0.29) is 24.3 Å². The fourth-order valence-corrected chi connectivity index (χ4v) is 3.21. The minimum absolute atomic E-state index is 0.0480. The first-order valence-electron chi connectivity index (χ1n) is 8.23. The number of hydrogen-bond donors (Lipinski definition) is 3. The standard InChI is InChI=1S/C16H18N4O7/c17-19-18-5-6-26-16-11(13(23)12(22)10(7-21)27-16)20-14(24)8-3-1-2-4-9(8)15(20)25/h1-4,10-13,16,21-23H,5-7H2/t10?,11?,12-,13+,16+/m0/s1. The predicted octanol–water partition coefficient (Wildman–Crippen LogP) is -0.583. The summed E-state index contributed by atoms with van der Waals surface area (Å²) in [6.07, 6.45) is -5.64. The number of nitrogens with zero attached hydrogens (tertiary/aromatic N) is 4. The van der Waals surface area contributed by atoms with Crippen LogP contribution < -0.4 is 0 Å². The van der Waals surface area contributed by atoms with Gasteiger partial charge in [-0.3, -0.25) is 14.5 Å². The van der Waals surface area contributed by atoms with Crippen LogP contribution in [0.2, 0.25) is 0 Å². The van der Waals surface area contributed by atoms with Gasteiger partial charge in [-0.1, -0.05) is 17.2 Å². The predicted molar refractivity (Wildman–Crippen MR) is 88.5 cm³/mol. The molecule has 3 N–H and O–H groups in total. The highest BCUT2D eigenvalue weighted by molar-refractivity contribution is 6.21. The van der Waals surface area contributed by atoms with Gasteiger partial charge in [0.05, 0.1) is 24.3 Å². The Morgan fingerprint density at radius 3 is 2.37 bits per heavy atom. The number of rotatable bonds is 6. The van der Waals surface area contributed by atoms with Gasteiger partial charge in [-0.2, -0.15) is 0 Å². The first-order chi connectivity index (χ1) is 13.0. The number of amides is 2. The van der Waals surface area contributed by atoms with Gasteiger partial charge in [-0.25, -0.2) is 0 Å². The number of fused-ring (bicyclic) bond motifs is 1. The lowest BCUT2D eigenvalue weighted by atomic mass is 9.95. The third-order valence-corrected chi connectivity index (χ3v) is 4.51. The molecule has 144 valence electrons. The van der Waals surface area contributed by atoms with Crippen molar-refractivity contribution in [2.45, 2.75) is 30.6 Å². The van der Waals surface area contributed by atoms with Crippen molar-refractivity contribution in [2.75, 3.05) is 19.8 Å². The van der Waals surface area contributed by atoms with Crippen LogP contribution in [0.5, 0.6) is 0 Å². The number of aliphatic hydroxyl groups is 3. The molecule has 0 aromatic heterocycles. The normalized spacial score (nSPS) is 30.2. The second-order valence-electron chi connectivity index (χ2n) is 6.05. The average Bonchev–Trinajstić information content (AvgIpc) is 2.93. The lowest BCUT2D eigenvalue weighted by Gasteiger charge is -2.44. The van der Waals surface area contributed by atoms with Crippen LogP contribution in [-0.4, -0.2) is 82.4 Å². The summed E-state index contributed by atoms with van der Waals surface area (Å²) in [5.41, 5.74) is 8.66. The van der Waals surface area contributed by atoms with Crippen molar-refractivity contribution in [1.29, 1.82) is 0 Å². The molecule has 3 rings (SSSR count). The topological polar surface area (TPSA) is 165 Å². The average molecular weight is 378 g/mol. The van der Waals surface area contributed by atoms with E-state index in [1.807, 2.05) is 0 Å². The summed E-state index contributed by atoms with van der Waals surface area (Å²) >= 11 is 0. The van der Waals surface area contributed by atoms with E-state index >= 15 is 0 Å². The molecule has 1 saturated heterocycles. The maximum atomic E-state index is 12.7. The summed E-state index contributed by atoms with van der Waals surface area (Å²) in [6, 6.07) is 4.82. The Bertz CT molecular complexity index is 747. The van der Waals surface area contributed by atoms with E-state index in [9.17, 15) is 24.9 Å². The quantitative estimate of drug-likeness (QED) is 0.196. The van der Waals surface area contributed by atoms with Gasteiger partial charge in [0, 0.05) is 11.5 Å². The van der Waals surface area contributed by atoms with Gasteiger partial charge >= 0.3 is 0 Å². The number of benzene rings is 1. The summed E-state index contributed by atoms with van der Waals surface area (Å²) < 4.78 is 10.9. The molecule has 5 atom stereocenters. The van der Waals surface area contributed by atoms with Crippen molar-refractivity contribution in [1.82, 2.24) is 4.90 Å². The maximum absolute atomic E-state index is 12.7. The minimum Gasteiger partial charge on any atom is -0.394 e. The molecule has 0 bridgehead atoms. The van der Waals surface area contributed by atoms with Crippen molar-refractivity contribution in [2.24, 2.45) is 5.11 Å². The van der Waals surface area contributed by atoms with Gasteiger partial charge < -0.3 is 24.8 Å². The van der Waals surface area contributed by atoms with Gasteiger partial charge in [0.15, 0.2) is 6.29 Å². The molecule has 1 aromatic rings. The Morgan fingerprint density at radius 1 is 1.19 bits per heavy atom. The molecule has 1 aromatic carbocycles. The van der Waals surface area contributed by atoms with Crippen LogP contribution in [-0.2, 0) is 9.47 Å². The number of azide groups is 1. The van der Waals surface area contributed by atoms with Crippen LogP contribution in [0.25, 0.3) is 10.4 Å². The first-order valence-corrected chi connectivity index (χ1v) is 8.23. The summed E-state index contributed by atoms with van der Waals surface area (Å²) in [5, 5.41) is 33.4. The van der Waals surface area contributed by atoms with Crippen LogP contribution in [0.15, 0.2) is 29.4 Å². The Labute approximate surface area is 153 Å². The molecular weight excluding hydrogens is 360 g/mol. The molecule has 2 aliphatic heterocycles. The van der Waals surface area contributed by atoms with Crippen LogP contribution in [0, 0.1) is 0 Å². The molecule has 0 aliphatic carbocycles. The second kappa shape index (κ2) is 8.01. The van der Waals surface area contributed by atoms with E-state index in [2.05, 4.69) is 10.0 Å². The molecule has 2 aliphatic rings. The Balaban J connectivity index is 1.90. The molecule has 0 spiro atoms. The lowest BCUT2D eigenvalue weighted by molar-refractivity contribution is -0.278. The zero-order valence-electron chi connectivity index (χ0n) is 14.1. The smallest absolute Gasteiger partial charge is 0.262 e. The summed E-state index contributed by atoms with van der Waals surface area (Å²) in [5.74, 6) is -1.30. The van der Waals surface area contributed by atoms with Crippen molar-refractivity contribution < 1.29 is 34.4 Å². The lowest BCUT2D eigenvalue weighted by Crippen LogP contribution is -2.65. The zero-order valence-corrected chi connectivity index (χ0v) is 14.1. The van der Waals surface area contributed by atoms with Crippen LogP contribution >= 0.6 is 0 Å². The highest BCUT2D eigenvalue weighted by Crippen LogP contribution is 2.32. The van der Waals surface area contributed by atoms with Crippen molar-refractivity contribution >= 4 is 11.8 Å². The van der Waals surface area contributed by atoms with E-state index in [0.29, 0.717) is 0 Å². The number of ether oxygens (including phenoxy) is 2. The zero-order chi connectivity index (χ0) is 19.6. The SMILES string of the molecule is [N-]=[N+]=NCCO[C@@H]1OC(CO)[C@H](O)[C@H](O)C1N1C(=O)c2ccccc2C1=O. The molecule has 27 heavy (non-hydrogen) atoms.